The Morgan fingerprint density at radius 1 is 0.889 bits per heavy atom. The Hall–Kier alpha value is -3.25. The molecule has 27 heavy (non-hydrogen) atoms. The first-order valence-corrected chi connectivity index (χ1v) is 9.13. The number of halogens is 1. The van der Waals surface area contributed by atoms with Gasteiger partial charge in [0.05, 0.1) is 5.69 Å². The van der Waals surface area contributed by atoms with Gasteiger partial charge in [0.1, 0.15) is 5.71 Å². The molecule has 0 aliphatic rings. The lowest BCUT2D eigenvalue weighted by molar-refractivity contribution is 0.429. The summed E-state index contributed by atoms with van der Waals surface area (Å²) in [4.78, 5) is 4.54. The van der Waals surface area contributed by atoms with E-state index in [4.69, 9.17) is 4.52 Å². The molecule has 0 atom stereocenters. The molecule has 3 aromatic carbocycles. The molecule has 0 aliphatic carbocycles. The Morgan fingerprint density at radius 2 is 1.63 bits per heavy atom. The van der Waals surface area contributed by atoms with Crippen molar-refractivity contribution in [2.75, 3.05) is 5.43 Å². The number of hydrazone groups is 1. The van der Waals surface area contributed by atoms with Crippen LogP contribution in [-0.2, 0) is 0 Å². The minimum Gasteiger partial charge on any atom is -0.334 e. The molecule has 1 N–H and O–H groups in total. The van der Waals surface area contributed by atoms with Crippen molar-refractivity contribution in [2.24, 2.45) is 5.10 Å². The van der Waals surface area contributed by atoms with Crippen LogP contribution in [0.1, 0.15) is 11.4 Å². The summed E-state index contributed by atoms with van der Waals surface area (Å²) in [7, 11) is 0. The molecule has 0 bridgehead atoms. The normalized spacial score (nSPS) is 11.4. The largest absolute Gasteiger partial charge is 0.334 e. The molecule has 4 rings (SSSR count). The Kier molecular flexibility index (Phi) is 5.07. The third-order valence-corrected chi connectivity index (χ3v) is 4.32. The van der Waals surface area contributed by atoms with Gasteiger partial charge in [0.25, 0.3) is 5.89 Å². The standard InChI is InChI=1S/C21H15BrN4O/c22-17-11-7-10-16(14-17)21-23-20(26-27-21)19(15-8-3-1-4-9-15)25-24-18-12-5-2-6-13-18/h1-14,24H/b25-19+. The first-order valence-electron chi connectivity index (χ1n) is 8.34. The quantitative estimate of drug-likeness (QED) is 0.349. The molecule has 6 heteroatoms. The zero-order valence-electron chi connectivity index (χ0n) is 14.2. The van der Waals surface area contributed by atoms with Gasteiger partial charge >= 0.3 is 0 Å². The number of nitrogens with one attached hydrogen (secondary N) is 1. The highest BCUT2D eigenvalue weighted by Crippen LogP contribution is 2.22. The number of nitrogens with zero attached hydrogens (tertiary/aromatic N) is 3. The van der Waals surface area contributed by atoms with Crippen LogP contribution in [0.5, 0.6) is 0 Å². The van der Waals surface area contributed by atoms with Gasteiger partial charge in [-0.2, -0.15) is 10.1 Å². The molecule has 1 heterocycles. The lowest BCUT2D eigenvalue weighted by atomic mass is 10.1. The topological polar surface area (TPSA) is 63.3 Å². The monoisotopic (exact) mass is 418 g/mol. The van der Waals surface area contributed by atoms with E-state index in [-0.39, 0.29) is 0 Å². The third-order valence-electron chi connectivity index (χ3n) is 3.83. The number of aromatic nitrogens is 2. The van der Waals surface area contributed by atoms with Crippen LogP contribution in [0.15, 0.2) is 99.0 Å². The van der Waals surface area contributed by atoms with Crippen molar-refractivity contribution in [3.63, 3.8) is 0 Å². The first-order chi connectivity index (χ1) is 13.3. The van der Waals surface area contributed by atoms with E-state index in [1.165, 1.54) is 0 Å². The van der Waals surface area contributed by atoms with Crippen molar-refractivity contribution in [3.8, 4) is 11.5 Å². The molecule has 5 nitrogen and oxygen atoms in total. The van der Waals surface area contributed by atoms with Crippen LogP contribution in [-0.4, -0.2) is 15.9 Å². The highest BCUT2D eigenvalue weighted by atomic mass is 79.9. The molecule has 0 fully saturated rings. The highest BCUT2D eigenvalue weighted by Gasteiger charge is 2.16. The van der Waals surface area contributed by atoms with Gasteiger partial charge in [-0.1, -0.05) is 75.7 Å². The van der Waals surface area contributed by atoms with Crippen LogP contribution >= 0.6 is 15.9 Å². The van der Waals surface area contributed by atoms with Gasteiger partial charge in [-0.3, -0.25) is 5.43 Å². The maximum Gasteiger partial charge on any atom is 0.258 e. The second-order valence-corrected chi connectivity index (χ2v) is 6.65. The molecule has 1 aromatic heterocycles. The summed E-state index contributed by atoms with van der Waals surface area (Å²) in [5.74, 6) is 0.856. The molecule has 0 aliphatic heterocycles. The van der Waals surface area contributed by atoms with Crippen molar-refractivity contribution in [3.05, 3.63) is 101 Å². The smallest absolute Gasteiger partial charge is 0.258 e. The maximum absolute atomic E-state index is 5.47. The molecule has 0 saturated carbocycles. The fourth-order valence-corrected chi connectivity index (χ4v) is 2.93. The van der Waals surface area contributed by atoms with E-state index in [9.17, 15) is 0 Å². The first kappa shape index (κ1) is 17.2. The maximum atomic E-state index is 5.47. The molecule has 4 aromatic rings. The SMILES string of the molecule is Brc1cccc(-c2nc(/C(=N/Nc3ccccc3)c3ccccc3)no2)c1. The lowest BCUT2D eigenvalue weighted by Gasteiger charge is -2.04. The summed E-state index contributed by atoms with van der Waals surface area (Å²) in [6, 6.07) is 27.2. The number of benzene rings is 3. The fraction of sp³-hybridized carbons (Fsp3) is 0. The van der Waals surface area contributed by atoms with Crippen molar-refractivity contribution < 1.29 is 4.52 Å². The van der Waals surface area contributed by atoms with E-state index in [2.05, 4.69) is 36.6 Å². The average molecular weight is 419 g/mol. The van der Waals surface area contributed by atoms with E-state index >= 15 is 0 Å². The summed E-state index contributed by atoms with van der Waals surface area (Å²) in [6.07, 6.45) is 0. The minimum absolute atomic E-state index is 0.416. The van der Waals surface area contributed by atoms with Crippen molar-refractivity contribution in [1.82, 2.24) is 10.1 Å². The van der Waals surface area contributed by atoms with Gasteiger partial charge in [-0.25, -0.2) is 0 Å². The molecule has 0 spiro atoms. The van der Waals surface area contributed by atoms with Crippen molar-refractivity contribution in [2.45, 2.75) is 0 Å². The summed E-state index contributed by atoms with van der Waals surface area (Å²) in [5, 5.41) is 8.67. The molecule has 132 valence electrons. The number of rotatable bonds is 5. The fourth-order valence-electron chi connectivity index (χ4n) is 2.53. The van der Waals surface area contributed by atoms with E-state index < -0.39 is 0 Å². The van der Waals surface area contributed by atoms with Crippen LogP contribution in [0, 0.1) is 0 Å². The summed E-state index contributed by atoms with van der Waals surface area (Å²) >= 11 is 3.46. The number of para-hydroxylation sites is 1. The van der Waals surface area contributed by atoms with Gasteiger partial charge in [0.15, 0.2) is 0 Å². The molecular weight excluding hydrogens is 404 g/mol. The van der Waals surface area contributed by atoms with Gasteiger partial charge in [-0.15, -0.1) is 0 Å². The van der Waals surface area contributed by atoms with Crippen LogP contribution in [0.25, 0.3) is 11.5 Å². The molecule has 0 unspecified atom stereocenters. The lowest BCUT2D eigenvalue weighted by Crippen LogP contribution is -2.08. The van der Waals surface area contributed by atoms with Crippen LogP contribution in [0.2, 0.25) is 0 Å². The Morgan fingerprint density at radius 3 is 2.37 bits per heavy atom. The minimum atomic E-state index is 0.416. The van der Waals surface area contributed by atoms with Crippen molar-refractivity contribution >= 4 is 27.3 Å². The van der Waals surface area contributed by atoms with E-state index in [0.717, 1.165) is 21.3 Å². The zero-order chi connectivity index (χ0) is 18.5. The number of hydrogen-bond donors (Lipinski definition) is 1. The molecular formula is C21H15BrN4O. The Bertz CT molecular complexity index is 1060. The predicted molar refractivity (Wildman–Crippen MR) is 110 cm³/mol. The zero-order valence-corrected chi connectivity index (χ0v) is 15.8. The number of anilines is 1. The summed E-state index contributed by atoms with van der Waals surface area (Å²) in [5.41, 5.74) is 6.27. The number of hydrogen-bond acceptors (Lipinski definition) is 5. The Labute approximate surface area is 164 Å². The van der Waals surface area contributed by atoms with E-state index in [1.807, 2.05) is 84.9 Å². The van der Waals surface area contributed by atoms with Crippen LogP contribution < -0.4 is 5.43 Å². The van der Waals surface area contributed by atoms with E-state index in [0.29, 0.717) is 17.4 Å². The van der Waals surface area contributed by atoms with E-state index in [1.54, 1.807) is 0 Å². The summed E-state index contributed by atoms with van der Waals surface area (Å²) in [6.45, 7) is 0. The Balaban J connectivity index is 1.71. The third kappa shape index (κ3) is 4.12. The molecule has 0 amide bonds. The summed E-state index contributed by atoms with van der Waals surface area (Å²) < 4.78 is 6.42. The average Bonchev–Trinajstić information content (AvgIpc) is 3.20. The van der Waals surface area contributed by atoms with Crippen molar-refractivity contribution in [1.29, 1.82) is 0 Å². The van der Waals surface area contributed by atoms with Gasteiger partial charge < -0.3 is 4.52 Å². The molecule has 0 radical (unpaired) electrons. The second-order valence-electron chi connectivity index (χ2n) is 5.74. The van der Waals surface area contributed by atoms with Gasteiger partial charge in [0.2, 0.25) is 5.82 Å². The van der Waals surface area contributed by atoms with Gasteiger partial charge in [0, 0.05) is 15.6 Å². The van der Waals surface area contributed by atoms with Crippen LogP contribution in [0.4, 0.5) is 5.69 Å². The highest BCUT2D eigenvalue weighted by molar-refractivity contribution is 9.10. The molecule has 0 saturated heterocycles. The van der Waals surface area contributed by atoms with Crippen LogP contribution in [0.3, 0.4) is 0 Å². The predicted octanol–water partition coefficient (Wildman–Crippen LogP) is 5.36. The van der Waals surface area contributed by atoms with Gasteiger partial charge in [-0.05, 0) is 30.3 Å². The second kappa shape index (κ2) is 7.97.